The SMILES string of the molecule is CC[C@H](Oc1ccc(NC(=O)c2ccc(C)cc2)cc1)C(=O)c1ccccc1. The first kappa shape index (κ1) is 19.4. The number of hydrogen-bond acceptors (Lipinski definition) is 3. The summed E-state index contributed by atoms with van der Waals surface area (Å²) in [5, 5.41) is 2.86. The first-order chi connectivity index (χ1) is 13.6. The fourth-order valence-electron chi connectivity index (χ4n) is 2.80. The van der Waals surface area contributed by atoms with Crippen LogP contribution in [0, 0.1) is 6.92 Å². The van der Waals surface area contributed by atoms with Gasteiger partial charge in [0.15, 0.2) is 6.10 Å². The lowest BCUT2D eigenvalue weighted by atomic mass is 10.0. The first-order valence-electron chi connectivity index (χ1n) is 9.31. The van der Waals surface area contributed by atoms with Crippen molar-refractivity contribution in [2.45, 2.75) is 26.4 Å². The van der Waals surface area contributed by atoms with Crippen LogP contribution in [0.25, 0.3) is 0 Å². The largest absolute Gasteiger partial charge is 0.482 e. The van der Waals surface area contributed by atoms with Crippen molar-refractivity contribution < 1.29 is 14.3 Å². The number of carbonyl (C=O) groups is 2. The van der Waals surface area contributed by atoms with Crippen LogP contribution in [-0.4, -0.2) is 17.8 Å². The first-order valence-corrected chi connectivity index (χ1v) is 9.31. The molecule has 1 N–H and O–H groups in total. The monoisotopic (exact) mass is 373 g/mol. The van der Waals surface area contributed by atoms with Crippen molar-refractivity contribution in [3.8, 4) is 5.75 Å². The van der Waals surface area contributed by atoms with E-state index in [2.05, 4.69) is 5.32 Å². The summed E-state index contributed by atoms with van der Waals surface area (Å²) in [4.78, 5) is 24.9. The molecule has 0 aliphatic carbocycles. The molecule has 0 fully saturated rings. The second kappa shape index (κ2) is 9.00. The van der Waals surface area contributed by atoms with E-state index in [0.717, 1.165) is 5.56 Å². The van der Waals surface area contributed by atoms with Crippen LogP contribution in [0.15, 0.2) is 78.9 Å². The molecule has 0 saturated carbocycles. The quantitative estimate of drug-likeness (QED) is 0.573. The number of anilines is 1. The molecule has 0 heterocycles. The summed E-state index contributed by atoms with van der Waals surface area (Å²) in [6, 6.07) is 23.6. The average Bonchev–Trinajstić information content (AvgIpc) is 2.73. The molecule has 28 heavy (non-hydrogen) atoms. The second-order valence-corrected chi connectivity index (χ2v) is 6.59. The van der Waals surface area contributed by atoms with Crippen LogP contribution < -0.4 is 10.1 Å². The molecule has 1 atom stereocenters. The maximum atomic E-state index is 12.6. The number of benzene rings is 3. The van der Waals surface area contributed by atoms with Crippen LogP contribution in [0.1, 0.15) is 39.6 Å². The molecule has 0 bridgehead atoms. The third-order valence-electron chi connectivity index (χ3n) is 4.43. The minimum Gasteiger partial charge on any atom is -0.482 e. The Bertz CT molecular complexity index is 932. The van der Waals surface area contributed by atoms with E-state index in [1.165, 1.54) is 0 Å². The summed E-state index contributed by atoms with van der Waals surface area (Å²) >= 11 is 0. The Morgan fingerprint density at radius 1 is 0.857 bits per heavy atom. The second-order valence-electron chi connectivity index (χ2n) is 6.59. The summed E-state index contributed by atoms with van der Waals surface area (Å²) in [6.45, 7) is 3.90. The van der Waals surface area contributed by atoms with Crippen molar-refractivity contribution in [3.63, 3.8) is 0 Å². The molecular weight excluding hydrogens is 350 g/mol. The number of amides is 1. The third-order valence-corrected chi connectivity index (χ3v) is 4.43. The van der Waals surface area contributed by atoms with E-state index >= 15 is 0 Å². The lowest BCUT2D eigenvalue weighted by molar-refractivity contribution is 0.0786. The van der Waals surface area contributed by atoms with Crippen LogP contribution >= 0.6 is 0 Å². The Balaban J connectivity index is 1.64. The third kappa shape index (κ3) is 4.86. The number of Topliss-reactive ketones (excluding diaryl/α,β-unsaturated/α-hetero) is 1. The van der Waals surface area contributed by atoms with Crippen LogP contribution in [0.5, 0.6) is 5.75 Å². The zero-order valence-electron chi connectivity index (χ0n) is 16.0. The van der Waals surface area contributed by atoms with E-state index < -0.39 is 6.10 Å². The lowest BCUT2D eigenvalue weighted by Crippen LogP contribution is -2.26. The van der Waals surface area contributed by atoms with Crippen LogP contribution in [-0.2, 0) is 0 Å². The van der Waals surface area contributed by atoms with Crippen molar-refractivity contribution in [2.75, 3.05) is 5.32 Å². The highest BCUT2D eigenvalue weighted by molar-refractivity contribution is 6.04. The smallest absolute Gasteiger partial charge is 0.255 e. The van der Waals surface area contributed by atoms with Gasteiger partial charge in [-0.15, -0.1) is 0 Å². The van der Waals surface area contributed by atoms with Gasteiger partial charge in [-0.25, -0.2) is 0 Å². The molecular formula is C24H23NO3. The molecule has 0 saturated heterocycles. The normalized spacial score (nSPS) is 11.5. The van der Waals surface area contributed by atoms with Gasteiger partial charge in [0.05, 0.1) is 0 Å². The van der Waals surface area contributed by atoms with Gasteiger partial charge >= 0.3 is 0 Å². The van der Waals surface area contributed by atoms with E-state index in [1.54, 1.807) is 48.5 Å². The van der Waals surface area contributed by atoms with Crippen molar-refractivity contribution in [2.24, 2.45) is 0 Å². The summed E-state index contributed by atoms with van der Waals surface area (Å²) in [6.07, 6.45) is 0.0232. The summed E-state index contributed by atoms with van der Waals surface area (Å²) in [7, 11) is 0. The number of carbonyl (C=O) groups excluding carboxylic acids is 2. The van der Waals surface area contributed by atoms with Crippen LogP contribution in [0.4, 0.5) is 5.69 Å². The summed E-state index contributed by atoms with van der Waals surface area (Å²) in [5.41, 5.74) is 3.01. The lowest BCUT2D eigenvalue weighted by Gasteiger charge is -2.17. The highest BCUT2D eigenvalue weighted by Crippen LogP contribution is 2.20. The Labute approximate surface area is 165 Å². The maximum Gasteiger partial charge on any atom is 0.255 e. The molecule has 4 nitrogen and oxygen atoms in total. The van der Waals surface area contributed by atoms with Gasteiger partial charge in [-0.1, -0.05) is 55.0 Å². The maximum absolute atomic E-state index is 12.6. The number of aryl methyl sites for hydroxylation is 1. The van der Waals surface area contributed by atoms with Crippen LogP contribution in [0.3, 0.4) is 0 Å². The van der Waals surface area contributed by atoms with E-state index in [1.807, 2.05) is 44.2 Å². The van der Waals surface area contributed by atoms with E-state index in [-0.39, 0.29) is 11.7 Å². The van der Waals surface area contributed by atoms with Gasteiger partial charge < -0.3 is 10.1 Å². The molecule has 0 aromatic heterocycles. The van der Waals surface area contributed by atoms with E-state index in [4.69, 9.17) is 4.74 Å². The van der Waals surface area contributed by atoms with Crippen molar-refractivity contribution >= 4 is 17.4 Å². The molecule has 0 radical (unpaired) electrons. The highest BCUT2D eigenvalue weighted by Gasteiger charge is 2.20. The molecule has 0 aliphatic rings. The Kier molecular flexibility index (Phi) is 6.22. The molecule has 3 aromatic rings. The Morgan fingerprint density at radius 3 is 2.11 bits per heavy atom. The molecule has 0 spiro atoms. The predicted molar refractivity (Wildman–Crippen MR) is 111 cm³/mol. The molecule has 0 unspecified atom stereocenters. The minimum atomic E-state index is -0.546. The molecule has 3 rings (SSSR count). The standard InChI is InChI=1S/C24H23NO3/c1-3-22(23(26)18-7-5-4-6-8-18)28-21-15-13-20(14-16-21)25-24(27)19-11-9-17(2)10-12-19/h4-16,22H,3H2,1-2H3,(H,25,27)/t22-/m0/s1. The van der Waals surface area contributed by atoms with Crippen molar-refractivity contribution in [1.82, 2.24) is 0 Å². The van der Waals surface area contributed by atoms with Crippen molar-refractivity contribution in [1.29, 1.82) is 0 Å². The minimum absolute atomic E-state index is 0.0418. The van der Waals surface area contributed by atoms with Gasteiger partial charge in [-0.05, 0) is 49.7 Å². The fraction of sp³-hybridized carbons (Fsp3) is 0.167. The van der Waals surface area contributed by atoms with E-state index in [9.17, 15) is 9.59 Å². The van der Waals surface area contributed by atoms with Gasteiger partial charge in [0.25, 0.3) is 5.91 Å². The van der Waals surface area contributed by atoms with Gasteiger partial charge in [0.2, 0.25) is 5.78 Å². The van der Waals surface area contributed by atoms with Crippen LogP contribution in [0.2, 0.25) is 0 Å². The zero-order valence-corrected chi connectivity index (χ0v) is 16.0. The van der Waals surface area contributed by atoms with Gasteiger partial charge in [-0.2, -0.15) is 0 Å². The number of nitrogens with one attached hydrogen (secondary N) is 1. The molecule has 0 aliphatic heterocycles. The van der Waals surface area contributed by atoms with Crippen molar-refractivity contribution in [3.05, 3.63) is 95.6 Å². The average molecular weight is 373 g/mol. The summed E-state index contributed by atoms with van der Waals surface area (Å²) in [5.74, 6) is 0.378. The van der Waals surface area contributed by atoms with Gasteiger partial charge in [0.1, 0.15) is 5.75 Å². The van der Waals surface area contributed by atoms with E-state index in [0.29, 0.717) is 29.0 Å². The molecule has 1 amide bonds. The Morgan fingerprint density at radius 2 is 1.50 bits per heavy atom. The highest BCUT2D eigenvalue weighted by atomic mass is 16.5. The predicted octanol–water partition coefficient (Wildman–Crippen LogP) is 5.29. The van der Waals surface area contributed by atoms with Gasteiger partial charge in [0, 0.05) is 16.8 Å². The fourth-order valence-corrected chi connectivity index (χ4v) is 2.80. The summed E-state index contributed by atoms with van der Waals surface area (Å²) < 4.78 is 5.88. The van der Waals surface area contributed by atoms with Gasteiger partial charge in [-0.3, -0.25) is 9.59 Å². The topological polar surface area (TPSA) is 55.4 Å². The number of hydrogen-bond donors (Lipinski definition) is 1. The molecule has 142 valence electrons. The zero-order chi connectivity index (χ0) is 19.9. The Hall–Kier alpha value is -3.40. The number of rotatable bonds is 7. The molecule has 3 aromatic carbocycles. The number of ether oxygens (including phenoxy) is 1. The number of ketones is 1. The molecule has 4 heteroatoms.